The molecule has 1 rings (SSSR count). The van der Waals surface area contributed by atoms with E-state index in [2.05, 4.69) is 21.2 Å². The molecule has 5 nitrogen and oxygen atoms in total. The zero-order valence-electron chi connectivity index (χ0n) is 11.3. The van der Waals surface area contributed by atoms with Crippen LogP contribution in [-0.4, -0.2) is 19.7 Å². The topological polar surface area (TPSA) is 89.3 Å². The van der Waals surface area contributed by atoms with Crippen molar-refractivity contribution in [2.75, 3.05) is 5.33 Å². The molecule has 0 saturated carbocycles. The van der Waals surface area contributed by atoms with E-state index in [1.807, 2.05) is 6.92 Å². The molecule has 1 unspecified atom stereocenters. The maximum absolute atomic E-state index is 11.7. The zero-order chi connectivity index (χ0) is 15.2. The van der Waals surface area contributed by atoms with E-state index in [-0.39, 0.29) is 16.8 Å². The van der Waals surface area contributed by atoms with Gasteiger partial charge in [0.15, 0.2) is 0 Å². The molecule has 0 heterocycles. The fourth-order valence-electron chi connectivity index (χ4n) is 1.72. The van der Waals surface area contributed by atoms with Gasteiger partial charge in [0.2, 0.25) is 15.9 Å². The maximum atomic E-state index is 11.7. The number of nitrogens with two attached hydrogens (primary N) is 1. The van der Waals surface area contributed by atoms with E-state index in [4.69, 9.17) is 5.14 Å². The quantitative estimate of drug-likeness (QED) is 0.574. The van der Waals surface area contributed by atoms with E-state index in [1.165, 1.54) is 12.1 Å². The third kappa shape index (κ3) is 5.60. The second-order valence-electron chi connectivity index (χ2n) is 4.55. The number of carbonyl (C=O) groups is 1. The highest BCUT2D eigenvalue weighted by molar-refractivity contribution is 9.09. The molecule has 7 heteroatoms. The van der Waals surface area contributed by atoms with Crippen LogP contribution in [-0.2, 0) is 14.8 Å². The Hall–Kier alpha value is -0.920. The van der Waals surface area contributed by atoms with Gasteiger partial charge in [-0.3, -0.25) is 4.79 Å². The zero-order valence-corrected chi connectivity index (χ0v) is 13.7. The summed E-state index contributed by atoms with van der Waals surface area (Å²) < 4.78 is 22.3. The van der Waals surface area contributed by atoms with E-state index in [0.717, 1.165) is 23.7 Å². The van der Waals surface area contributed by atoms with Crippen molar-refractivity contribution in [1.29, 1.82) is 0 Å². The van der Waals surface area contributed by atoms with Crippen molar-refractivity contribution in [3.8, 4) is 0 Å². The van der Waals surface area contributed by atoms with Crippen LogP contribution in [0.15, 0.2) is 29.2 Å². The van der Waals surface area contributed by atoms with Crippen LogP contribution in [0.1, 0.15) is 37.8 Å². The van der Waals surface area contributed by atoms with E-state index in [1.54, 1.807) is 12.1 Å². The van der Waals surface area contributed by atoms with Crippen LogP contribution < -0.4 is 10.5 Å². The van der Waals surface area contributed by atoms with E-state index < -0.39 is 10.0 Å². The molecule has 1 aromatic carbocycles. The second kappa shape index (κ2) is 7.75. The van der Waals surface area contributed by atoms with Gasteiger partial charge in [-0.25, -0.2) is 13.6 Å². The number of unbranched alkanes of at least 4 members (excludes halogenated alkanes) is 1. The van der Waals surface area contributed by atoms with Crippen molar-refractivity contribution in [1.82, 2.24) is 5.32 Å². The summed E-state index contributed by atoms with van der Waals surface area (Å²) in [6, 6.07) is 6.03. The number of sulfonamides is 1. The number of amides is 1. The standard InChI is InChI=1S/C13H19BrN2O3S/c1-10(16-13(17)4-2-3-9-14)11-5-7-12(8-6-11)20(15,18)19/h5-8,10H,2-4,9H2,1H3,(H,16,17)(H2,15,18,19). The van der Waals surface area contributed by atoms with Gasteiger partial charge < -0.3 is 5.32 Å². The summed E-state index contributed by atoms with van der Waals surface area (Å²) in [5.41, 5.74) is 0.839. The number of hydrogen-bond donors (Lipinski definition) is 2. The molecule has 0 aliphatic carbocycles. The first-order valence-corrected chi connectivity index (χ1v) is 8.99. The monoisotopic (exact) mass is 362 g/mol. The van der Waals surface area contributed by atoms with Crippen LogP contribution in [0, 0.1) is 0 Å². The fraction of sp³-hybridized carbons (Fsp3) is 0.462. The lowest BCUT2D eigenvalue weighted by molar-refractivity contribution is -0.121. The first kappa shape index (κ1) is 17.1. The minimum absolute atomic E-state index is 0.00558. The average Bonchev–Trinajstić information content (AvgIpc) is 2.38. The number of benzene rings is 1. The van der Waals surface area contributed by atoms with Crippen molar-refractivity contribution in [3.63, 3.8) is 0 Å². The number of nitrogens with one attached hydrogen (secondary N) is 1. The van der Waals surface area contributed by atoms with Crippen LogP contribution in [0.2, 0.25) is 0 Å². The Morgan fingerprint density at radius 3 is 2.40 bits per heavy atom. The fourth-order valence-corrected chi connectivity index (χ4v) is 2.64. The molecular weight excluding hydrogens is 344 g/mol. The van der Waals surface area contributed by atoms with Crippen molar-refractivity contribution in [2.45, 2.75) is 37.1 Å². The van der Waals surface area contributed by atoms with Crippen LogP contribution in [0.5, 0.6) is 0 Å². The third-order valence-electron chi connectivity index (χ3n) is 2.87. The molecule has 20 heavy (non-hydrogen) atoms. The summed E-state index contributed by atoms with van der Waals surface area (Å²) in [4.78, 5) is 11.8. The molecule has 0 aliphatic rings. The Kier molecular flexibility index (Phi) is 6.64. The van der Waals surface area contributed by atoms with Gasteiger partial charge in [0.05, 0.1) is 10.9 Å². The highest BCUT2D eigenvalue weighted by Crippen LogP contribution is 2.15. The lowest BCUT2D eigenvalue weighted by Crippen LogP contribution is -2.26. The lowest BCUT2D eigenvalue weighted by Gasteiger charge is -2.14. The van der Waals surface area contributed by atoms with Gasteiger partial charge >= 0.3 is 0 Å². The Labute approximate surface area is 128 Å². The highest BCUT2D eigenvalue weighted by Gasteiger charge is 2.11. The van der Waals surface area contributed by atoms with Gasteiger partial charge in [-0.05, 0) is 37.5 Å². The molecule has 0 aliphatic heterocycles. The largest absolute Gasteiger partial charge is 0.350 e. The molecule has 1 amide bonds. The maximum Gasteiger partial charge on any atom is 0.238 e. The summed E-state index contributed by atoms with van der Waals surface area (Å²) in [7, 11) is -3.68. The minimum atomic E-state index is -3.68. The first-order valence-electron chi connectivity index (χ1n) is 6.32. The summed E-state index contributed by atoms with van der Waals surface area (Å²) >= 11 is 3.32. The smallest absolute Gasteiger partial charge is 0.238 e. The van der Waals surface area contributed by atoms with Crippen molar-refractivity contribution < 1.29 is 13.2 Å². The molecule has 1 atom stereocenters. The number of alkyl halides is 1. The molecule has 1 aromatic rings. The van der Waals surface area contributed by atoms with Crippen LogP contribution in [0.4, 0.5) is 0 Å². The van der Waals surface area contributed by atoms with Gasteiger partial charge in [0, 0.05) is 11.8 Å². The molecular formula is C13H19BrN2O3S. The summed E-state index contributed by atoms with van der Waals surface area (Å²) in [5.74, 6) is -0.00558. The first-order chi connectivity index (χ1) is 9.34. The van der Waals surface area contributed by atoms with Crippen LogP contribution in [0.25, 0.3) is 0 Å². The number of primary sulfonamides is 1. The SMILES string of the molecule is CC(NC(=O)CCCCBr)c1ccc(S(N)(=O)=O)cc1. The molecule has 112 valence electrons. The predicted molar refractivity (Wildman–Crippen MR) is 82.0 cm³/mol. The highest BCUT2D eigenvalue weighted by atomic mass is 79.9. The lowest BCUT2D eigenvalue weighted by atomic mass is 10.1. The van der Waals surface area contributed by atoms with E-state index in [0.29, 0.717) is 6.42 Å². The molecule has 0 spiro atoms. The molecule has 0 radical (unpaired) electrons. The summed E-state index contributed by atoms with van der Waals surface area (Å²) in [5, 5.41) is 8.80. The predicted octanol–water partition coefficient (Wildman–Crippen LogP) is 2.08. The van der Waals surface area contributed by atoms with Crippen molar-refractivity contribution in [2.24, 2.45) is 5.14 Å². The number of rotatable bonds is 7. The van der Waals surface area contributed by atoms with Gasteiger partial charge in [-0.2, -0.15) is 0 Å². The van der Waals surface area contributed by atoms with Crippen molar-refractivity contribution >= 4 is 31.9 Å². The molecule has 3 N–H and O–H groups in total. The Balaban J connectivity index is 2.60. The van der Waals surface area contributed by atoms with Crippen LogP contribution >= 0.6 is 15.9 Å². The minimum Gasteiger partial charge on any atom is -0.350 e. The normalized spacial score (nSPS) is 12.9. The van der Waals surface area contributed by atoms with Gasteiger partial charge in [0.25, 0.3) is 0 Å². The summed E-state index contributed by atoms with van der Waals surface area (Å²) in [6.07, 6.45) is 2.30. The van der Waals surface area contributed by atoms with Crippen molar-refractivity contribution in [3.05, 3.63) is 29.8 Å². The van der Waals surface area contributed by atoms with Gasteiger partial charge in [-0.15, -0.1) is 0 Å². The molecule has 0 saturated heterocycles. The van der Waals surface area contributed by atoms with E-state index >= 15 is 0 Å². The Bertz CT molecular complexity index is 543. The average molecular weight is 363 g/mol. The van der Waals surface area contributed by atoms with E-state index in [9.17, 15) is 13.2 Å². The second-order valence-corrected chi connectivity index (χ2v) is 6.90. The number of halogens is 1. The molecule has 0 aromatic heterocycles. The number of carbonyl (C=O) groups excluding carboxylic acids is 1. The third-order valence-corrected chi connectivity index (χ3v) is 4.36. The van der Waals surface area contributed by atoms with Crippen LogP contribution in [0.3, 0.4) is 0 Å². The number of hydrogen-bond acceptors (Lipinski definition) is 3. The molecule has 0 fully saturated rings. The Morgan fingerprint density at radius 2 is 1.90 bits per heavy atom. The molecule has 0 bridgehead atoms. The Morgan fingerprint density at radius 1 is 1.30 bits per heavy atom. The van der Waals surface area contributed by atoms with Gasteiger partial charge in [0.1, 0.15) is 0 Å². The van der Waals surface area contributed by atoms with Gasteiger partial charge in [-0.1, -0.05) is 28.1 Å². The summed E-state index contributed by atoms with van der Waals surface area (Å²) in [6.45, 7) is 1.86.